The van der Waals surface area contributed by atoms with Gasteiger partial charge in [0.25, 0.3) is 0 Å². The van der Waals surface area contributed by atoms with Crippen LogP contribution in [0, 0.1) is 0 Å². The van der Waals surface area contributed by atoms with Crippen molar-refractivity contribution in [1.29, 1.82) is 0 Å². The summed E-state index contributed by atoms with van der Waals surface area (Å²) in [5.74, 6) is 0.895. The Hall–Kier alpha value is -3.54. The summed E-state index contributed by atoms with van der Waals surface area (Å²) in [5.41, 5.74) is 7.49. The summed E-state index contributed by atoms with van der Waals surface area (Å²) in [7, 11) is 0. The van der Waals surface area contributed by atoms with Crippen molar-refractivity contribution in [3.8, 4) is 5.75 Å². The largest absolute Gasteiger partial charge is 0.431 e. The number of ether oxygens (including phenoxy) is 1. The van der Waals surface area contributed by atoms with Gasteiger partial charge in [-0.1, -0.05) is 82.3 Å². The summed E-state index contributed by atoms with van der Waals surface area (Å²) in [5, 5.41) is 4.64. The van der Waals surface area contributed by atoms with Gasteiger partial charge in [-0.05, 0) is 34.4 Å². The molecule has 6 heteroatoms. The van der Waals surface area contributed by atoms with E-state index in [4.69, 9.17) is 4.74 Å². The molecule has 0 fully saturated rings. The number of para-hydroxylation sites is 1. The van der Waals surface area contributed by atoms with Crippen molar-refractivity contribution >= 4 is 28.6 Å². The molecule has 0 bridgehead atoms. The molecule has 3 aromatic rings. The van der Waals surface area contributed by atoms with E-state index >= 15 is 0 Å². The van der Waals surface area contributed by atoms with Gasteiger partial charge in [0, 0.05) is 11.1 Å². The summed E-state index contributed by atoms with van der Waals surface area (Å²) < 4.78 is 5.36. The van der Waals surface area contributed by atoms with Crippen LogP contribution >= 0.6 is 0 Å². The average Bonchev–Trinajstić information content (AvgIpc) is 2.72. The average molecular weight is 405 g/mol. The van der Waals surface area contributed by atoms with Gasteiger partial charge in [0.1, 0.15) is 5.75 Å². The predicted molar refractivity (Wildman–Crippen MR) is 120 cm³/mol. The fourth-order valence-electron chi connectivity index (χ4n) is 3.36. The molecule has 156 valence electrons. The van der Waals surface area contributed by atoms with Gasteiger partial charge >= 0.3 is 12.1 Å². The molecule has 0 spiro atoms. The van der Waals surface area contributed by atoms with E-state index < -0.39 is 12.1 Å². The molecule has 3 aromatic carbocycles. The minimum Gasteiger partial charge on any atom is -0.408 e. The van der Waals surface area contributed by atoms with E-state index in [1.54, 1.807) is 12.1 Å². The normalized spacial score (nSPS) is 10.9. The van der Waals surface area contributed by atoms with Crippen LogP contribution in [0.1, 0.15) is 50.7 Å². The lowest BCUT2D eigenvalue weighted by molar-refractivity contribution is 0.194. The van der Waals surface area contributed by atoms with Gasteiger partial charge in [-0.25, -0.2) is 20.4 Å². The third kappa shape index (κ3) is 4.89. The molecule has 6 nitrogen and oxygen atoms in total. The molecule has 3 rings (SSSR count). The molecular weight excluding hydrogens is 378 g/mol. The fourth-order valence-corrected chi connectivity index (χ4v) is 3.36. The first kappa shape index (κ1) is 21.2. The van der Waals surface area contributed by atoms with Gasteiger partial charge in [-0.15, -0.1) is 0 Å². The Labute approximate surface area is 176 Å². The van der Waals surface area contributed by atoms with E-state index in [9.17, 15) is 9.59 Å². The number of anilines is 1. The molecule has 0 saturated heterocycles. The quantitative estimate of drug-likeness (QED) is 0.472. The topological polar surface area (TPSA) is 79.5 Å². The Morgan fingerprint density at radius 3 is 2.03 bits per heavy atom. The van der Waals surface area contributed by atoms with E-state index in [1.165, 1.54) is 0 Å². The second-order valence-corrected chi connectivity index (χ2v) is 7.69. The third-order valence-corrected chi connectivity index (χ3v) is 4.84. The maximum absolute atomic E-state index is 12.4. The lowest BCUT2D eigenvalue weighted by atomic mass is 9.93. The van der Waals surface area contributed by atoms with Crippen LogP contribution in [0.4, 0.5) is 15.3 Å². The highest BCUT2D eigenvalue weighted by atomic mass is 16.6. The smallest absolute Gasteiger partial charge is 0.408 e. The molecule has 0 aliphatic carbocycles. The van der Waals surface area contributed by atoms with Gasteiger partial charge in [0.2, 0.25) is 0 Å². The van der Waals surface area contributed by atoms with Crippen LogP contribution in [0.3, 0.4) is 0 Å². The first-order chi connectivity index (χ1) is 14.4. The number of hydrogen-bond donors (Lipinski definition) is 3. The lowest BCUT2D eigenvalue weighted by Gasteiger charge is -2.20. The van der Waals surface area contributed by atoms with Crippen LogP contribution in [0.15, 0.2) is 60.7 Å². The monoisotopic (exact) mass is 405 g/mol. The number of hydrogen-bond acceptors (Lipinski definition) is 3. The maximum Gasteiger partial charge on any atom is 0.431 e. The summed E-state index contributed by atoms with van der Waals surface area (Å²) in [6.07, 6.45) is -0.775. The van der Waals surface area contributed by atoms with Crippen molar-refractivity contribution in [3.05, 3.63) is 71.8 Å². The zero-order valence-corrected chi connectivity index (χ0v) is 17.7. The van der Waals surface area contributed by atoms with Crippen molar-refractivity contribution in [2.45, 2.75) is 39.5 Å². The van der Waals surface area contributed by atoms with Crippen molar-refractivity contribution in [2.75, 3.05) is 5.32 Å². The zero-order chi connectivity index (χ0) is 21.7. The number of nitrogens with one attached hydrogen (secondary N) is 3. The van der Waals surface area contributed by atoms with Crippen molar-refractivity contribution in [3.63, 3.8) is 0 Å². The molecule has 30 heavy (non-hydrogen) atoms. The highest BCUT2D eigenvalue weighted by Crippen LogP contribution is 2.32. The highest BCUT2D eigenvalue weighted by Gasteiger charge is 2.16. The number of carbonyl (C=O) groups excluding carboxylic acids is 2. The number of carbonyl (C=O) groups is 2. The summed E-state index contributed by atoms with van der Waals surface area (Å²) in [6, 6.07) is 18.5. The van der Waals surface area contributed by atoms with Crippen molar-refractivity contribution < 1.29 is 14.3 Å². The van der Waals surface area contributed by atoms with E-state index in [1.807, 2.05) is 48.5 Å². The Kier molecular flexibility index (Phi) is 6.57. The number of urea groups is 1. The van der Waals surface area contributed by atoms with Crippen LogP contribution < -0.4 is 20.9 Å². The minimum atomic E-state index is -0.775. The Bertz CT molecular complexity index is 1030. The molecule has 0 unspecified atom stereocenters. The molecule has 0 saturated carbocycles. The number of rotatable bonds is 4. The third-order valence-electron chi connectivity index (χ3n) is 4.84. The predicted octanol–water partition coefficient (Wildman–Crippen LogP) is 5.91. The van der Waals surface area contributed by atoms with E-state index in [-0.39, 0.29) is 11.8 Å². The second-order valence-electron chi connectivity index (χ2n) is 7.69. The van der Waals surface area contributed by atoms with E-state index in [0.29, 0.717) is 5.75 Å². The van der Waals surface area contributed by atoms with E-state index in [2.05, 4.69) is 43.9 Å². The van der Waals surface area contributed by atoms with E-state index in [0.717, 1.165) is 27.6 Å². The first-order valence-electron chi connectivity index (χ1n) is 10.0. The lowest BCUT2D eigenvalue weighted by Crippen LogP contribution is -2.45. The number of amides is 3. The second kappa shape index (κ2) is 9.31. The SMILES string of the molecule is CC(C)c1cccc(C(C)C)c1NC(=O)NNC(=O)Oc1cccc2ccccc12. The maximum atomic E-state index is 12.4. The van der Waals surface area contributed by atoms with Crippen LogP contribution in [-0.2, 0) is 0 Å². The molecule has 0 atom stereocenters. The zero-order valence-electron chi connectivity index (χ0n) is 17.7. The minimum absolute atomic E-state index is 0.239. The van der Waals surface area contributed by atoms with Crippen molar-refractivity contribution in [2.24, 2.45) is 0 Å². The van der Waals surface area contributed by atoms with Gasteiger partial charge in [-0.3, -0.25) is 0 Å². The summed E-state index contributed by atoms with van der Waals surface area (Å²) in [4.78, 5) is 24.6. The molecule has 0 radical (unpaired) electrons. The highest BCUT2D eigenvalue weighted by molar-refractivity contribution is 5.93. The molecule has 3 N–H and O–H groups in total. The summed E-state index contributed by atoms with van der Waals surface area (Å²) >= 11 is 0. The van der Waals surface area contributed by atoms with Crippen LogP contribution in [-0.4, -0.2) is 12.1 Å². The van der Waals surface area contributed by atoms with Crippen LogP contribution in [0.2, 0.25) is 0 Å². The standard InChI is InChI=1S/C24H27N3O3/c1-15(2)18-12-8-13-19(16(3)4)22(18)25-23(28)26-27-24(29)30-21-14-7-10-17-9-5-6-11-20(17)21/h5-16H,1-4H3,(H,27,29)(H2,25,26,28). The molecule has 3 amide bonds. The molecule has 0 aliphatic heterocycles. The fraction of sp³-hybridized carbons (Fsp3) is 0.250. The van der Waals surface area contributed by atoms with Crippen LogP contribution in [0.5, 0.6) is 5.75 Å². The summed E-state index contributed by atoms with van der Waals surface area (Å²) in [6.45, 7) is 8.29. The number of benzene rings is 3. The van der Waals surface area contributed by atoms with Gasteiger partial charge in [0.05, 0.1) is 0 Å². The molecule has 0 heterocycles. The van der Waals surface area contributed by atoms with Crippen molar-refractivity contribution in [1.82, 2.24) is 10.9 Å². The Morgan fingerprint density at radius 1 is 0.767 bits per heavy atom. The van der Waals surface area contributed by atoms with Gasteiger partial charge in [0.15, 0.2) is 0 Å². The Balaban J connectivity index is 1.66. The number of fused-ring (bicyclic) bond motifs is 1. The van der Waals surface area contributed by atoms with Gasteiger partial charge in [-0.2, -0.15) is 0 Å². The molecule has 0 aliphatic rings. The molecular formula is C24H27N3O3. The molecule has 0 aromatic heterocycles. The van der Waals surface area contributed by atoms with Gasteiger partial charge < -0.3 is 10.1 Å². The first-order valence-corrected chi connectivity index (χ1v) is 10.0. The van der Waals surface area contributed by atoms with Crippen LogP contribution in [0.25, 0.3) is 10.8 Å². The Morgan fingerprint density at radius 2 is 1.37 bits per heavy atom. The number of hydrazine groups is 1.